The second-order valence-electron chi connectivity index (χ2n) is 12.7. The first-order valence-corrected chi connectivity index (χ1v) is 16.9. The third-order valence-corrected chi connectivity index (χ3v) is 8.27. The monoisotopic (exact) mass is 697 g/mol. The molecule has 1 aliphatic rings. The first-order valence-electron chi connectivity index (χ1n) is 16.9. The van der Waals surface area contributed by atoms with Gasteiger partial charge in [-0.2, -0.15) is 0 Å². The molecule has 1 aliphatic heterocycles. The topological polar surface area (TPSA) is 250 Å². The summed E-state index contributed by atoms with van der Waals surface area (Å²) < 4.78 is 0. The predicted molar refractivity (Wildman–Crippen MR) is 185 cm³/mol. The summed E-state index contributed by atoms with van der Waals surface area (Å²) in [6.45, 7) is 7.37. The van der Waals surface area contributed by atoms with E-state index in [2.05, 4.69) is 35.1 Å². The summed E-state index contributed by atoms with van der Waals surface area (Å²) in [6, 6.07) is -0.773. The van der Waals surface area contributed by atoms with Crippen LogP contribution in [0.3, 0.4) is 0 Å². The van der Waals surface area contributed by atoms with E-state index in [0.29, 0.717) is 64.8 Å². The SMILES string of the molecule is CC(C)CCCCNc1c(NCCNC(=O)C(CN)NCN2CCN(CC(=O)O)CCN(CC(=O)O)CCN(CC(=O)O)CC2)c(=O)c1=O. The lowest BCUT2D eigenvalue weighted by Crippen LogP contribution is -2.54. The molecule has 0 radical (unpaired) electrons. The number of anilines is 2. The van der Waals surface area contributed by atoms with E-state index in [9.17, 15) is 44.1 Å². The van der Waals surface area contributed by atoms with Crippen LogP contribution in [0.25, 0.3) is 0 Å². The maximum Gasteiger partial charge on any atom is 0.317 e. The van der Waals surface area contributed by atoms with Crippen LogP contribution >= 0.6 is 0 Å². The van der Waals surface area contributed by atoms with Gasteiger partial charge < -0.3 is 37.0 Å². The van der Waals surface area contributed by atoms with Gasteiger partial charge in [-0.05, 0) is 12.3 Å². The molecule has 0 bridgehead atoms. The van der Waals surface area contributed by atoms with Crippen molar-refractivity contribution < 1.29 is 34.5 Å². The zero-order chi connectivity index (χ0) is 36.3. The van der Waals surface area contributed by atoms with Crippen LogP contribution in [0.2, 0.25) is 0 Å². The van der Waals surface area contributed by atoms with Gasteiger partial charge in [0.2, 0.25) is 5.91 Å². The fraction of sp³-hybridized carbons (Fsp3) is 0.742. The van der Waals surface area contributed by atoms with Crippen LogP contribution in [0.5, 0.6) is 0 Å². The molecule has 1 saturated heterocycles. The average Bonchev–Trinajstić information content (AvgIpc) is 3.03. The lowest BCUT2D eigenvalue weighted by Gasteiger charge is -2.33. The van der Waals surface area contributed by atoms with E-state index in [4.69, 9.17) is 5.73 Å². The van der Waals surface area contributed by atoms with E-state index in [-0.39, 0.29) is 63.2 Å². The number of amides is 1. The van der Waals surface area contributed by atoms with Gasteiger partial charge in [-0.15, -0.1) is 0 Å². The molecule has 1 unspecified atom stereocenters. The minimum absolute atomic E-state index is 0.0220. The maximum atomic E-state index is 12.9. The number of unbranched alkanes of at least 4 members (excludes halogenated alkanes) is 1. The van der Waals surface area contributed by atoms with E-state index in [0.717, 1.165) is 19.3 Å². The number of nitrogens with zero attached hydrogens (tertiary/aromatic N) is 4. The molecule has 18 heteroatoms. The highest BCUT2D eigenvalue weighted by molar-refractivity contribution is 5.82. The molecule has 0 aromatic heterocycles. The quantitative estimate of drug-likeness (QED) is 0.0484. The Morgan fingerprint density at radius 3 is 1.51 bits per heavy atom. The Morgan fingerprint density at radius 1 is 0.673 bits per heavy atom. The number of hydrogen-bond donors (Lipinski definition) is 8. The number of carbonyl (C=O) groups is 4. The lowest BCUT2D eigenvalue weighted by molar-refractivity contribution is -0.140. The molecule has 0 spiro atoms. The minimum atomic E-state index is -1.03. The van der Waals surface area contributed by atoms with Gasteiger partial charge in [0, 0.05) is 85.2 Å². The molecular formula is C31H55N9O9. The lowest BCUT2D eigenvalue weighted by atomic mass is 10.1. The Hall–Kier alpha value is -3.68. The second kappa shape index (κ2) is 22.1. The fourth-order valence-corrected chi connectivity index (χ4v) is 5.42. The van der Waals surface area contributed by atoms with Gasteiger partial charge in [0.05, 0.1) is 25.7 Å². The van der Waals surface area contributed by atoms with Crippen molar-refractivity contribution in [1.29, 1.82) is 0 Å². The van der Waals surface area contributed by atoms with Crippen LogP contribution in [-0.4, -0.2) is 170 Å². The summed E-state index contributed by atoms with van der Waals surface area (Å²) in [6.07, 6.45) is 2.98. The summed E-state index contributed by atoms with van der Waals surface area (Å²) in [5, 5.41) is 40.0. The Morgan fingerprint density at radius 2 is 1.10 bits per heavy atom. The van der Waals surface area contributed by atoms with E-state index in [1.807, 2.05) is 4.90 Å². The Balaban J connectivity index is 1.93. The van der Waals surface area contributed by atoms with Gasteiger partial charge in [0.15, 0.2) is 0 Å². The highest BCUT2D eigenvalue weighted by Gasteiger charge is 2.23. The normalized spacial score (nSPS) is 16.9. The van der Waals surface area contributed by atoms with Crippen LogP contribution in [0.4, 0.5) is 11.4 Å². The molecule has 49 heavy (non-hydrogen) atoms. The molecule has 0 aliphatic carbocycles. The van der Waals surface area contributed by atoms with Crippen LogP contribution in [0.15, 0.2) is 9.59 Å². The van der Waals surface area contributed by atoms with Gasteiger partial charge in [-0.25, -0.2) is 0 Å². The van der Waals surface area contributed by atoms with Crippen molar-refractivity contribution >= 4 is 35.2 Å². The Kier molecular flexibility index (Phi) is 18.7. The largest absolute Gasteiger partial charge is 0.480 e. The predicted octanol–water partition coefficient (Wildman–Crippen LogP) is -2.60. The van der Waals surface area contributed by atoms with Crippen molar-refractivity contribution in [2.75, 3.05) is 115 Å². The smallest absolute Gasteiger partial charge is 0.317 e. The summed E-state index contributed by atoms with van der Waals surface area (Å²) in [4.78, 5) is 78.5. The number of rotatable bonds is 21. The standard InChI is InChI=1S/C31H55N9O9/c1-22(2)5-3-4-6-33-27-28(30(48)29(27)47)34-7-8-35-31(49)23(17-32)36-21-40-15-13-38(19-25(43)44)11-9-37(18-24(41)42)10-12-39(14-16-40)20-26(45)46/h22-23,33-34,36H,3-21,32H2,1-2H3,(H,35,49)(H,41,42)(H,43,44)(H,45,46). The van der Waals surface area contributed by atoms with Gasteiger partial charge in [0.25, 0.3) is 10.9 Å². The van der Waals surface area contributed by atoms with Crippen LogP contribution in [0.1, 0.15) is 33.1 Å². The van der Waals surface area contributed by atoms with E-state index in [1.54, 1.807) is 14.7 Å². The van der Waals surface area contributed by atoms with Crippen molar-refractivity contribution in [3.63, 3.8) is 0 Å². The van der Waals surface area contributed by atoms with Gasteiger partial charge >= 0.3 is 17.9 Å². The fourth-order valence-electron chi connectivity index (χ4n) is 5.42. The third-order valence-electron chi connectivity index (χ3n) is 8.27. The summed E-state index contributed by atoms with van der Waals surface area (Å²) in [7, 11) is 0. The molecule has 1 amide bonds. The number of carbonyl (C=O) groups excluding carboxylic acids is 1. The van der Waals surface area contributed by atoms with Crippen molar-refractivity contribution in [3.05, 3.63) is 20.4 Å². The molecule has 1 heterocycles. The summed E-state index contributed by atoms with van der Waals surface area (Å²) >= 11 is 0. The molecule has 2 rings (SSSR count). The van der Waals surface area contributed by atoms with Gasteiger partial charge in [0.1, 0.15) is 11.4 Å². The first kappa shape index (κ1) is 41.5. The van der Waals surface area contributed by atoms with Gasteiger partial charge in [-0.1, -0.05) is 26.7 Å². The highest BCUT2D eigenvalue weighted by atomic mass is 16.4. The second-order valence-corrected chi connectivity index (χ2v) is 12.7. The highest BCUT2D eigenvalue weighted by Crippen LogP contribution is 2.14. The number of carboxylic acid groups (broad SMARTS) is 3. The van der Waals surface area contributed by atoms with Crippen molar-refractivity contribution in [2.45, 2.75) is 39.2 Å². The molecule has 278 valence electrons. The zero-order valence-corrected chi connectivity index (χ0v) is 28.7. The van der Waals surface area contributed by atoms with E-state index >= 15 is 0 Å². The summed E-state index contributed by atoms with van der Waals surface area (Å²) in [5.41, 5.74) is 5.25. The molecule has 1 fully saturated rings. The molecular weight excluding hydrogens is 642 g/mol. The molecule has 1 aromatic carbocycles. The number of hydrogen-bond acceptors (Lipinski definition) is 14. The Bertz CT molecular complexity index is 1240. The number of nitrogens with two attached hydrogens (primary N) is 1. The number of nitrogens with one attached hydrogen (secondary N) is 4. The zero-order valence-electron chi connectivity index (χ0n) is 28.7. The molecule has 1 atom stereocenters. The third kappa shape index (κ3) is 16.1. The summed E-state index contributed by atoms with van der Waals surface area (Å²) in [5.74, 6) is -2.83. The molecule has 9 N–H and O–H groups in total. The van der Waals surface area contributed by atoms with E-state index < -0.39 is 34.8 Å². The first-order chi connectivity index (χ1) is 23.3. The Labute approximate surface area is 286 Å². The molecule has 1 aromatic rings. The number of aliphatic carboxylic acids is 3. The molecule has 18 nitrogen and oxygen atoms in total. The number of carboxylic acids is 3. The average molecular weight is 698 g/mol. The van der Waals surface area contributed by atoms with Crippen LogP contribution < -0.4 is 37.9 Å². The van der Waals surface area contributed by atoms with Crippen molar-refractivity contribution in [2.24, 2.45) is 11.7 Å². The van der Waals surface area contributed by atoms with E-state index in [1.165, 1.54) is 0 Å². The van der Waals surface area contributed by atoms with Crippen LogP contribution in [0, 0.1) is 5.92 Å². The molecule has 0 saturated carbocycles. The van der Waals surface area contributed by atoms with Crippen LogP contribution in [-0.2, 0) is 19.2 Å². The van der Waals surface area contributed by atoms with Crippen molar-refractivity contribution in [1.82, 2.24) is 30.2 Å². The minimum Gasteiger partial charge on any atom is -0.480 e. The van der Waals surface area contributed by atoms with Crippen molar-refractivity contribution in [3.8, 4) is 0 Å². The van der Waals surface area contributed by atoms with Gasteiger partial charge in [-0.3, -0.25) is 53.7 Å². The maximum absolute atomic E-state index is 12.9.